The molecule has 0 heterocycles. The van der Waals surface area contributed by atoms with Gasteiger partial charge in [-0.15, -0.1) is 0 Å². The lowest BCUT2D eigenvalue weighted by molar-refractivity contribution is 0.0596. The number of carbonyl (C=O) groups is 1. The standard InChI is InChI=1S/C14H22N2O4S/c1-10(2)7-8-16(3)21(18,19)13-6-5-11(15)9-12(13)14(17)20-4/h5-6,9-10H,7-8,15H2,1-4H3. The number of hydrogen-bond donors (Lipinski definition) is 1. The van der Waals surface area contributed by atoms with Crippen LogP contribution in [0, 0.1) is 5.92 Å². The molecule has 0 aliphatic rings. The van der Waals surface area contributed by atoms with E-state index in [1.54, 1.807) is 0 Å². The second-order valence-corrected chi connectivity index (χ2v) is 7.27. The number of methoxy groups -OCH3 is 1. The molecule has 1 aromatic rings. The van der Waals surface area contributed by atoms with Crippen molar-refractivity contribution in [3.8, 4) is 0 Å². The smallest absolute Gasteiger partial charge is 0.339 e. The summed E-state index contributed by atoms with van der Waals surface area (Å²) in [6.07, 6.45) is 0.734. The van der Waals surface area contributed by atoms with Gasteiger partial charge in [0.05, 0.1) is 17.6 Å². The normalized spacial score (nSPS) is 11.9. The fraction of sp³-hybridized carbons (Fsp3) is 0.500. The third-order valence-electron chi connectivity index (χ3n) is 3.12. The Hall–Kier alpha value is -1.60. The first-order chi connectivity index (χ1) is 9.70. The molecular formula is C14H22N2O4S. The summed E-state index contributed by atoms with van der Waals surface area (Å²) in [7, 11) is -1.07. The molecule has 1 rings (SSSR count). The van der Waals surface area contributed by atoms with Gasteiger partial charge in [0.2, 0.25) is 10.0 Å². The van der Waals surface area contributed by atoms with E-state index in [0.717, 1.165) is 6.42 Å². The van der Waals surface area contributed by atoms with Crippen molar-refractivity contribution in [2.24, 2.45) is 5.92 Å². The van der Waals surface area contributed by atoms with Gasteiger partial charge >= 0.3 is 5.97 Å². The largest absolute Gasteiger partial charge is 0.465 e. The maximum atomic E-state index is 12.6. The molecule has 0 radical (unpaired) electrons. The van der Waals surface area contributed by atoms with Crippen LogP contribution >= 0.6 is 0 Å². The summed E-state index contributed by atoms with van der Waals surface area (Å²) in [6, 6.07) is 4.10. The van der Waals surface area contributed by atoms with Crippen molar-refractivity contribution in [3.63, 3.8) is 0 Å². The molecule has 0 aliphatic carbocycles. The maximum absolute atomic E-state index is 12.6. The lowest BCUT2D eigenvalue weighted by atomic mass is 10.1. The zero-order valence-electron chi connectivity index (χ0n) is 12.8. The number of anilines is 1. The zero-order valence-corrected chi connectivity index (χ0v) is 13.6. The quantitative estimate of drug-likeness (QED) is 0.638. The van der Waals surface area contributed by atoms with Crippen molar-refractivity contribution in [1.82, 2.24) is 4.31 Å². The van der Waals surface area contributed by atoms with Gasteiger partial charge in [-0.25, -0.2) is 17.5 Å². The van der Waals surface area contributed by atoms with E-state index in [1.807, 2.05) is 13.8 Å². The SMILES string of the molecule is COC(=O)c1cc(N)ccc1S(=O)(=O)N(C)CCC(C)C. The molecule has 0 bridgehead atoms. The molecule has 21 heavy (non-hydrogen) atoms. The monoisotopic (exact) mass is 314 g/mol. The zero-order chi connectivity index (χ0) is 16.2. The summed E-state index contributed by atoms with van der Waals surface area (Å²) < 4.78 is 31.0. The number of esters is 1. The first kappa shape index (κ1) is 17.5. The molecule has 0 saturated carbocycles. The van der Waals surface area contributed by atoms with E-state index in [9.17, 15) is 13.2 Å². The van der Waals surface area contributed by atoms with E-state index in [-0.39, 0.29) is 10.5 Å². The Balaban J connectivity index is 3.22. The van der Waals surface area contributed by atoms with Crippen LogP contribution in [0.15, 0.2) is 23.1 Å². The van der Waals surface area contributed by atoms with Crippen LogP contribution in [-0.4, -0.2) is 39.4 Å². The molecule has 118 valence electrons. The molecule has 0 aliphatic heterocycles. The Bertz CT molecular complexity index is 611. The third-order valence-corrected chi connectivity index (χ3v) is 5.03. The van der Waals surface area contributed by atoms with Crippen molar-refractivity contribution >= 4 is 21.7 Å². The third kappa shape index (κ3) is 4.18. The van der Waals surface area contributed by atoms with Gasteiger partial charge in [0.25, 0.3) is 0 Å². The van der Waals surface area contributed by atoms with E-state index >= 15 is 0 Å². The summed E-state index contributed by atoms with van der Waals surface area (Å²) >= 11 is 0. The molecule has 2 N–H and O–H groups in total. The topological polar surface area (TPSA) is 89.7 Å². The van der Waals surface area contributed by atoms with E-state index in [4.69, 9.17) is 5.73 Å². The van der Waals surface area contributed by atoms with Crippen LogP contribution in [0.2, 0.25) is 0 Å². The number of sulfonamides is 1. The fourth-order valence-corrected chi connectivity index (χ4v) is 3.11. The first-order valence-corrected chi connectivity index (χ1v) is 8.08. The van der Waals surface area contributed by atoms with Crippen LogP contribution in [0.25, 0.3) is 0 Å². The Kier molecular flexibility index (Phi) is 5.74. The Morgan fingerprint density at radius 2 is 2.00 bits per heavy atom. The number of hydrogen-bond acceptors (Lipinski definition) is 5. The van der Waals surface area contributed by atoms with Gasteiger partial charge in [-0.05, 0) is 30.5 Å². The van der Waals surface area contributed by atoms with Crippen molar-refractivity contribution in [3.05, 3.63) is 23.8 Å². The van der Waals surface area contributed by atoms with Crippen LogP contribution < -0.4 is 5.73 Å². The maximum Gasteiger partial charge on any atom is 0.339 e. The van der Waals surface area contributed by atoms with Crippen LogP contribution in [-0.2, 0) is 14.8 Å². The summed E-state index contributed by atoms with van der Waals surface area (Å²) in [4.78, 5) is 11.7. The number of rotatable bonds is 6. The highest BCUT2D eigenvalue weighted by molar-refractivity contribution is 7.89. The van der Waals surface area contributed by atoms with E-state index in [0.29, 0.717) is 18.2 Å². The molecule has 0 aromatic heterocycles. The summed E-state index contributed by atoms with van der Waals surface area (Å²) in [5, 5.41) is 0. The number of nitrogens with two attached hydrogens (primary N) is 1. The average molecular weight is 314 g/mol. The van der Waals surface area contributed by atoms with E-state index in [1.165, 1.54) is 36.7 Å². The molecule has 0 atom stereocenters. The predicted octanol–water partition coefficient (Wildman–Crippen LogP) is 1.72. The van der Waals surface area contributed by atoms with Crippen molar-refractivity contribution in [2.45, 2.75) is 25.2 Å². The van der Waals surface area contributed by atoms with Gasteiger partial charge in [0.1, 0.15) is 0 Å². The molecule has 1 aromatic carbocycles. The highest BCUT2D eigenvalue weighted by atomic mass is 32.2. The second kappa shape index (κ2) is 6.91. The number of benzene rings is 1. The highest BCUT2D eigenvalue weighted by Gasteiger charge is 2.27. The van der Waals surface area contributed by atoms with Gasteiger partial charge < -0.3 is 10.5 Å². The number of nitrogens with zero attached hydrogens (tertiary/aromatic N) is 1. The van der Waals surface area contributed by atoms with Gasteiger partial charge in [0.15, 0.2) is 0 Å². The average Bonchev–Trinajstić information content (AvgIpc) is 2.43. The van der Waals surface area contributed by atoms with E-state index < -0.39 is 16.0 Å². The summed E-state index contributed by atoms with van der Waals surface area (Å²) in [6.45, 7) is 4.41. The Morgan fingerprint density at radius 1 is 1.38 bits per heavy atom. The molecule has 0 saturated heterocycles. The Morgan fingerprint density at radius 3 is 2.52 bits per heavy atom. The number of nitrogen functional groups attached to an aromatic ring is 1. The van der Waals surface area contributed by atoms with Crippen LogP contribution in [0.1, 0.15) is 30.6 Å². The van der Waals surface area contributed by atoms with Crippen LogP contribution in [0.4, 0.5) is 5.69 Å². The first-order valence-electron chi connectivity index (χ1n) is 6.64. The fourth-order valence-electron chi connectivity index (χ4n) is 1.77. The minimum absolute atomic E-state index is 0.0473. The second-order valence-electron chi connectivity index (χ2n) is 5.26. The Labute approximate surface area is 125 Å². The van der Waals surface area contributed by atoms with Gasteiger partial charge in [-0.3, -0.25) is 0 Å². The van der Waals surface area contributed by atoms with Crippen LogP contribution in [0.3, 0.4) is 0 Å². The minimum atomic E-state index is -3.76. The molecule has 0 unspecified atom stereocenters. The van der Waals surface area contributed by atoms with Gasteiger partial charge in [-0.1, -0.05) is 13.8 Å². The van der Waals surface area contributed by atoms with Crippen molar-refractivity contribution in [2.75, 3.05) is 26.4 Å². The molecule has 7 heteroatoms. The minimum Gasteiger partial charge on any atom is -0.465 e. The molecule has 0 fully saturated rings. The molecule has 6 nitrogen and oxygen atoms in total. The summed E-state index contributed by atoms with van der Waals surface area (Å²) in [5.74, 6) is -0.340. The molecular weight excluding hydrogens is 292 g/mol. The lowest BCUT2D eigenvalue weighted by Crippen LogP contribution is -2.30. The predicted molar refractivity (Wildman–Crippen MR) is 81.5 cm³/mol. The van der Waals surface area contributed by atoms with Gasteiger partial charge in [0, 0.05) is 19.3 Å². The van der Waals surface area contributed by atoms with Crippen molar-refractivity contribution in [1.29, 1.82) is 0 Å². The summed E-state index contributed by atoms with van der Waals surface area (Å²) in [5.41, 5.74) is 5.88. The van der Waals surface area contributed by atoms with Crippen LogP contribution in [0.5, 0.6) is 0 Å². The van der Waals surface area contributed by atoms with Crippen molar-refractivity contribution < 1.29 is 17.9 Å². The van der Waals surface area contributed by atoms with E-state index in [2.05, 4.69) is 4.74 Å². The lowest BCUT2D eigenvalue weighted by Gasteiger charge is -2.19. The van der Waals surface area contributed by atoms with Gasteiger partial charge in [-0.2, -0.15) is 0 Å². The molecule has 0 amide bonds. The highest BCUT2D eigenvalue weighted by Crippen LogP contribution is 2.23. The molecule has 0 spiro atoms. The number of carbonyl (C=O) groups excluding carboxylic acids is 1. The number of ether oxygens (including phenoxy) is 1.